The smallest absolute Gasteiger partial charge is 0.240 e. The first-order chi connectivity index (χ1) is 8.70. The predicted octanol–water partition coefficient (Wildman–Crippen LogP) is 2.37. The molecule has 1 atom stereocenters. The fourth-order valence-electron chi connectivity index (χ4n) is 2.38. The van der Waals surface area contributed by atoms with Crippen molar-refractivity contribution in [2.45, 2.75) is 64.1 Å². The van der Waals surface area contributed by atoms with Crippen LogP contribution in [0.1, 0.15) is 57.7 Å². The number of hydrogen-bond acceptors (Lipinski definition) is 5. The molecule has 5 nitrogen and oxygen atoms in total. The van der Waals surface area contributed by atoms with Crippen molar-refractivity contribution in [1.29, 1.82) is 0 Å². The molecule has 18 heavy (non-hydrogen) atoms. The largest absolute Gasteiger partial charge is 0.370 e. The molecule has 0 saturated heterocycles. The van der Waals surface area contributed by atoms with Crippen molar-refractivity contribution in [3.63, 3.8) is 0 Å². The van der Waals surface area contributed by atoms with Crippen LogP contribution in [0.4, 0.5) is 0 Å². The Balaban J connectivity index is 2.01. The average Bonchev–Trinajstić information content (AvgIpc) is 3.05. The zero-order valence-corrected chi connectivity index (χ0v) is 11.5. The third kappa shape index (κ3) is 2.72. The standard InChI is InChI=1S/C13H23N3O2/c1-4-10(2)14-9-11-15-12(16-18-11)13(17-3)7-5-6-8-13/h10,14H,4-9H2,1-3H3. The lowest BCUT2D eigenvalue weighted by Gasteiger charge is -2.22. The first-order valence-corrected chi connectivity index (χ1v) is 6.82. The van der Waals surface area contributed by atoms with E-state index in [1.54, 1.807) is 7.11 Å². The van der Waals surface area contributed by atoms with Crippen molar-refractivity contribution >= 4 is 0 Å². The van der Waals surface area contributed by atoms with Gasteiger partial charge < -0.3 is 14.6 Å². The van der Waals surface area contributed by atoms with Crippen molar-refractivity contribution in [2.24, 2.45) is 0 Å². The molecule has 0 aliphatic heterocycles. The maximum atomic E-state index is 5.64. The predicted molar refractivity (Wildman–Crippen MR) is 68.0 cm³/mol. The zero-order chi connectivity index (χ0) is 13.0. The first kappa shape index (κ1) is 13.5. The molecule has 1 aromatic heterocycles. The molecule has 5 heteroatoms. The Kier molecular flexibility index (Phi) is 4.35. The molecule has 1 N–H and O–H groups in total. The third-order valence-electron chi connectivity index (χ3n) is 3.89. The van der Waals surface area contributed by atoms with Gasteiger partial charge in [-0.05, 0) is 39.0 Å². The van der Waals surface area contributed by atoms with Crippen molar-refractivity contribution < 1.29 is 9.26 Å². The van der Waals surface area contributed by atoms with Crippen LogP contribution in [0, 0.1) is 0 Å². The minimum Gasteiger partial charge on any atom is -0.370 e. The highest BCUT2D eigenvalue weighted by Gasteiger charge is 2.40. The van der Waals surface area contributed by atoms with Gasteiger partial charge in [0, 0.05) is 13.2 Å². The number of methoxy groups -OCH3 is 1. The van der Waals surface area contributed by atoms with E-state index in [1.165, 1.54) is 12.8 Å². The van der Waals surface area contributed by atoms with Crippen LogP contribution in [0.5, 0.6) is 0 Å². The topological polar surface area (TPSA) is 60.2 Å². The van der Waals surface area contributed by atoms with E-state index in [2.05, 4.69) is 29.3 Å². The van der Waals surface area contributed by atoms with Gasteiger partial charge in [-0.25, -0.2) is 0 Å². The summed E-state index contributed by atoms with van der Waals surface area (Å²) in [7, 11) is 1.73. The number of nitrogens with zero attached hydrogens (tertiary/aromatic N) is 2. The molecule has 0 amide bonds. The Bertz CT molecular complexity index is 372. The van der Waals surface area contributed by atoms with Gasteiger partial charge >= 0.3 is 0 Å². The number of aromatic nitrogens is 2. The van der Waals surface area contributed by atoms with E-state index >= 15 is 0 Å². The molecule has 102 valence electrons. The third-order valence-corrected chi connectivity index (χ3v) is 3.89. The van der Waals surface area contributed by atoms with E-state index in [0.29, 0.717) is 24.3 Å². The van der Waals surface area contributed by atoms with Crippen LogP contribution in [0.3, 0.4) is 0 Å². The molecule has 0 radical (unpaired) electrons. The summed E-state index contributed by atoms with van der Waals surface area (Å²) in [6, 6.07) is 0.461. The van der Waals surface area contributed by atoms with Crippen LogP contribution in [0.25, 0.3) is 0 Å². The summed E-state index contributed by atoms with van der Waals surface area (Å²) in [5.74, 6) is 1.36. The highest BCUT2D eigenvalue weighted by molar-refractivity contribution is 5.04. The minimum atomic E-state index is -0.307. The van der Waals surface area contributed by atoms with Crippen molar-refractivity contribution in [1.82, 2.24) is 15.5 Å². The fraction of sp³-hybridized carbons (Fsp3) is 0.846. The van der Waals surface area contributed by atoms with Crippen LogP contribution in [-0.2, 0) is 16.9 Å². The molecule has 0 spiro atoms. The van der Waals surface area contributed by atoms with E-state index in [-0.39, 0.29) is 5.60 Å². The molecular formula is C13H23N3O2. The maximum Gasteiger partial charge on any atom is 0.240 e. The van der Waals surface area contributed by atoms with Crippen molar-refractivity contribution in [3.8, 4) is 0 Å². The van der Waals surface area contributed by atoms with Gasteiger partial charge in [0.2, 0.25) is 11.7 Å². The quantitative estimate of drug-likeness (QED) is 0.843. The first-order valence-electron chi connectivity index (χ1n) is 6.82. The number of nitrogens with one attached hydrogen (secondary N) is 1. The Morgan fingerprint density at radius 2 is 2.17 bits per heavy atom. The maximum absolute atomic E-state index is 5.64. The second kappa shape index (κ2) is 5.80. The van der Waals surface area contributed by atoms with Crippen LogP contribution >= 0.6 is 0 Å². The summed E-state index contributed by atoms with van der Waals surface area (Å²) in [5, 5.41) is 7.44. The van der Waals surface area contributed by atoms with E-state index in [9.17, 15) is 0 Å². The van der Waals surface area contributed by atoms with Gasteiger partial charge in [-0.15, -0.1) is 0 Å². The monoisotopic (exact) mass is 253 g/mol. The van der Waals surface area contributed by atoms with E-state index in [0.717, 1.165) is 19.3 Å². The number of hydrogen-bond donors (Lipinski definition) is 1. The summed E-state index contributed by atoms with van der Waals surface area (Å²) in [5.41, 5.74) is -0.307. The second-order valence-corrected chi connectivity index (χ2v) is 5.11. The molecule has 0 bridgehead atoms. The highest BCUT2D eigenvalue weighted by Crippen LogP contribution is 2.39. The van der Waals surface area contributed by atoms with Gasteiger partial charge in [0.15, 0.2) is 0 Å². The SMILES string of the molecule is CCC(C)NCc1nc(C2(OC)CCCC2)no1. The molecule has 1 aliphatic carbocycles. The van der Waals surface area contributed by atoms with Crippen LogP contribution < -0.4 is 5.32 Å². The lowest BCUT2D eigenvalue weighted by atomic mass is 10.0. The Labute approximate surface area is 108 Å². The molecular weight excluding hydrogens is 230 g/mol. The summed E-state index contributed by atoms with van der Waals surface area (Å²) in [6.07, 6.45) is 5.40. The van der Waals surface area contributed by atoms with E-state index in [4.69, 9.17) is 9.26 Å². The lowest BCUT2D eigenvalue weighted by Crippen LogP contribution is -2.27. The summed E-state index contributed by atoms with van der Waals surface area (Å²) in [4.78, 5) is 4.48. The van der Waals surface area contributed by atoms with Crippen LogP contribution in [0.15, 0.2) is 4.52 Å². The Hall–Kier alpha value is -0.940. The Morgan fingerprint density at radius 3 is 2.78 bits per heavy atom. The van der Waals surface area contributed by atoms with Gasteiger partial charge in [0.25, 0.3) is 0 Å². The Morgan fingerprint density at radius 1 is 1.44 bits per heavy atom. The van der Waals surface area contributed by atoms with Crippen molar-refractivity contribution in [3.05, 3.63) is 11.7 Å². The second-order valence-electron chi connectivity index (χ2n) is 5.11. The van der Waals surface area contributed by atoms with Gasteiger partial charge in [-0.2, -0.15) is 4.98 Å². The van der Waals surface area contributed by atoms with Gasteiger partial charge in [0.1, 0.15) is 5.60 Å². The molecule has 1 unspecified atom stereocenters. The molecule has 1 fully saturated rings. The average molecular weight is 253 g/mol. The molecule has 1 aliphatic rings. The molecule has 0 aromatic carbocycles. The summed E-state index contributed by atoms with van der Waals surface area (Å²) >= 11 is 0. The van der Waals surface area contributed by atoms with Crippen LogP contribution in [-0.4, -0.2) is 23.3 Å². The van der Waals surface area contributed by atoms with E-state index in [1.807, 2.05) is 0 Å². The van der Waals surface area contributed by atoms with Gasteiger partial charge in [-0.1, -0.05) is 12.1 Å². The number of ether oxygens (including phenoxy) is 1. The summed E-state index contributed by atoms with van der Waals surface area (Å²) in [6.45, 7) is 4.92. The van der Waals surface area contributed by atoms with Gasteiger partial charge in [-0.3, -0.25) is 0 Å². The van der Waals surface area contributed by atoms with Gasteiger partial charge in [0.05, 0.1) is 6.54 Å². The normalized spacial score (nSPS) is 20.2. The lowest BCUT2D eigenvalue weighted by molar-refractivity contribution is -0.0178. The summed E-state index contributed by atoms with van der Waals surface area (Å²) < 4.78 is 10.9. The minimum absolute atomic E-state index is 0.307. The number of rotatable bonds is 6. The molecule has 1 aromatic rings. The molecule has 1 saturated carbocycles. The molecule has 2 rings (SSSR count). The zero-order valence-electron chi connectivity index (χ0n) is 11.5. The molecule has 1 heterocycles. The highest BCUT2D eigenvalue weighted by atomic mass is 16.5. The van der Waals surface area contributed by atoms with Crippen molar-refractivity contribution in [2.75, 3.05) is 7.11 Å². The van der Waals surface area contributed by atoms with E-state index < -0.39 is 0 Å². The van der Waals surface area contributed by atoms with Crippen LogP contribution in [0.2, 0.25) is 0 Å². The fourth-order valence-corrected chi connectivity index (χ4v) is 2.38.